The molecule has 2 nitrogen and oxygen atoms in total. The molecule has 0 saturated heterocycles. The van der Waals surface area contributed by atoms with Gasteiger partial charge < -0.3 is 9.64 Å². The highest BCUT2D eigenvalue weighted by Gasteiger charge is 2.33. The molecule has 0 amide bonds. The van der Waals surface area contributed by atoms with E-state index >= 15 is 0 Å². The van der Waals surface area contributed by atoms with Gasteiger partial charge in [-0.15, -0.1) is 0 Å². The molecule has 0 atom stereocenters. The fourth-order valence-electron chi connectivity index (χ4n) is 3.19. The Morgan fingerprint density at radius 3 is 1.78 bits per heavy atom. The summed E-state index contributed by atoms with van der Waals surface area (Å²) in [6, 6.07) is 21.8. The first-order chi connectivity index (χ1) is 11.2. The molecule has 0 bridgehead atoms. The van der Waals surface area contributed by atoms with Crippen LogP contribution in [0.25, 0.3) is 0 Å². The number of ether oxygens (including phenoxy) is 1. The maximum absolute atomic E-state index is 5.73. The molecule has 0 unspecified atom stereocenters. The van der Waals surface area contributed by atoms with Gasteiger partial charge in [-0.25, -0.2) is 0 Å². The Kier molecular flexibility index (Phi) is 6.82. The zero-order chi connectivity index (χ0) is 16.5. The van der Waals surface area contributed by atoms with Crippen LogP contribution in [0.4, 0.5) is 0 Å². The van der Waals surface area contributed by atoms with E-state index in [0.29, 0.717) is 0 Å². The van der Waals surface area contributed by atoms with Gasteiger partial charge in [-0.1, -0.05) is 60.7 Å². The largest absolute Gasteiger partial charge is 0.382 e. The number of rotatable bonds is 9. The summed E-state index contributed by atoms with van der Waals surface area (Å²) in [5.74, 6) is 0. The van der Waals surface area contributed by atoms with Crippen molar-refractivity contribution in [1.29, 1.82) is 0 Å². The molecule has 2 aromatic rings. The lowest BCUT2D eigenvalue weighted by atomic mass is 9.70. The summed E-state index contributed by atoms with van der Waals surface area (Å²) in [6.45, 7) is 4.67. The average molecular weight is 311 g/mol. The molecule has 0 saturated carbocycles. The molecule has 0 aliphatic carbocycles. The summed E-state index contributed by atoms with van der Waals surface area (Å²) in [5, 5.41) is 0. The number of hydrogen-bond acceptors (Lipinski definition) is 2. The van der Waals surface area contributed by atoms with E-state index in [1.165, 1.54) is 11.1 Å². The number of nitrogens with zero attached hydrogens (tertiary/aromatic N) is 1. The molecule has 0 aliphatic heterocycles. The van der Waals surface area contributed by atoms with Crippen LogP contribution in [0, 0.1) is 0 Å². The standard InChI is InChI=1S/C21H29NO/c1-4-23-18-16-21(15-17-22(2)3,19-11-7-5-8-12-19)20-13-9-6-10-14-20/h5-14H,4,15-18H2,1-3H3. The zero-order valence-corrected chi connectivity index (χ0v) is 14.7. The quantitative estimate of drug-likeness (QED) is 0.638. The Labute approximate surface area is 141 Å². The van der Waals surface area contributed by atoms with Crippen molar-refractivity contribution in [3.8, 4) is 0 Å². The first-order valence-electron chi connectivity index (χ1n) is 8.52. The van der Waals surface area contributed by atoms with Crippen LogP contribution in [0.1, 0.15) is 30.9 Å². The molecule has 23 heavy (non-hydrogen) atoms. The first-order valence-corrected chi connectivity index (χ1v) is 8.52. The van der Waals surface area contributed by atoms with E-state index in [1.807, 2.05) is 0 Å². The van der Waals surface area contributed by atoms with E-state index in [-0.39, 0.29) is 5.41 Å². The molecule has 2 rings (SSSR count). The summed E-state index contributed by atoms with van der Waals surface area (Å²) in [7, 11) is 4.28. The van der Waals surface area contributed by atoms with Gasteiger partial charge in [0.05, 0.1) is 0 Å². The molecule has 2 aromatic carbocycles. The Morgan fingerprint density at radius 2 is 1.35 bits per heavy atom. The molecule has 0 spiro atoms. The van der Waals surface area contributed by atoms with Gasteiger partial charge in [0.2, 0.25) is 0 Å². The van der Waals surface area contributed by atoms with Gasteiger partial charge in [0, 0.05) is 18.6 Å². The highest BCUT2D eigenvalue weighted by molar-refractivity contribution is 5.39. The minimum absolute atomic E-state index is 0.00194. The third kappa shape index (κ3) is 4.66. The monoisotopic (exact) mass is 311 g/mol. The van der Waals surface area contributed by atoms with Crippen molar-refractivity contribution in [3.05, 3.63) is 71.8 Å². The van der Waals surface area contributed by atoms with Crippen molar-refractivity contribution in [2.75, 3.05) is 33.9 Å². The van der Waals surface area contributed by atoms with Gasteiger partial charge in [-0.2, -0.15) is 0 Å². The lowest BCUT2D eigenvalue weighted by molar-refractivity contribution is 0.127. The van der Waals surface area contributed by atoms with Crippen LogP contribution in [0.15, 0.2) is 60.7 Å². The summed E-state index contributed by atoms with van der Waals surface area (Å²) < 4.78 is 5.73. The van der Waals surface area contributed by atoms with Gasteiger partial charge in [-0.3, -0.25) is 0 Å². The second-order valence-corrected chi connectivity index (χ2v) is 6.31. The van der Waals surface area contributed by atoms with Crippen molar-refractivity contribution in [3.63, 3.8) is 0 Å². The summed E-state index contributed by atoms with van der Waals surface area (Å²) >= 11 is 0. The minimum atomic E-state index is 0.00194. The maximum atomic E-state index is 5.73. The highest BCUT2D eigenvalue weighted by atomic mass is 16.5. The third-order valence-corrected chi connectivity index (χ3v) is 4.52. The van der Waals surface area contributed by atoms with Crippen LogP contribution in [0.2, 0.25) is 0 Å². The second kappa shape index (κ2) is 8.85. The van der Waals surface area contributed by atoms with Crippen molar-refractivity contribution < 1.29 is 4.74 Å². The van der Waals surface area contributed by atoms with Crippen LogP contribution in [0.3, 0.4) is 0 Å². The maximum Gasteiger partial charge on any atom is 0.0477 e. The molecule has 0 aliphatic rings. The lowest BCUT2D eigenvalue weighted by Gasteiger charge is -2.36. The fourth-order valence-corrected chi connectivity index (χ4v) is 3.19. The second-order valence-electron chi connectivity index (χ2n) is 6.31. The van der Waals surface area contributed by atoms with Crippen LogP contribution in [0.5, 0.6) is 0 Å². The smallest absolute Gasteiger partial charge is 0.0477 e. The molecule has 2 heteroatoms. The van der Waals surface area contributed by atoms with Crippen LogP contribution in [-0.2, 0) is 10.2 Å². The van der Waals surface area contributed by atoms with Crippen molar-refractivity contribution in [1.82, 2.24) is 4.90 Å². The van der Waals surface area contributed by atoms with Gasteiger partial charge >= 0.3 is 0 Å². The Bertz CT molecular complexity index is 511. The van der Waals surface area contributed by atoms with Gasteiger partial charge in [0.1, 0.15) is 0 Å². The minimum Gasteiger partial charge on any atom is -0.382 e. The molecule has 124 valence electrons. The Balaban J connectivity index is 2.43. The predicted octanol–water partition coefficient (Wildman–Crippen LogP) is 4.35. The van der Waals surface area contributed by atoms with Crippen molar-refractivity contribution in [2.24, 2.45) is 0 Å². The van der Waals surface area contributed by atoms with Crippen LogP contribution >= 0.6 is 0 Å². The summed E-state index contributed by atoms with van der Waals surface area (Å²) in [5.41, 5.74) is 2.77. The zero-order valence-electron chi connectivity index (χ0n) is 14.7. The van der Waals surface area contributed by atoms with Crippen LogP contribution in [-0.4, -0.2) is 38.8 Å². The van der Waals surface area contributed by atoms with E-state index in [1.54, 1.807) is 0 Å². The predicted molar refractivity (Wildman–Crippen MR) is 97.9 cm³/mol. The molecule has 0 heterocycles. The van der Waals surface area contributed by atoms with Crippen LogP contribution < -0.4 is 0 Å². The van der Waals surface area contributed by atoms with Gasteiger partial charge in [-0.05, 0) is 51.5 Å². The molecule has 0 aromatic heterocycles. The normalized spacial score (nSPS) is 11.8. The molecular weight excluding hydrogens is 282 g/mol. The molecular formula is C21H29NO. The van der Waals surface area contributed by atoms with E-state index in [0.717, 1.165) is 32.6 Å². The Hall–Kier alpha value is -1.64. The third-order valence-electron chi connectivity index (χ3n) is 4.52. The van der Waals surface area contributed by atoms with E-state index in [4.69, 9.17) is 4.74 Å². The number of benzene rings is 2. The van der Waals surface area contributed by atoms with Gasteiger partial charge in [0.15, 0.2) is 0 Å². The Morgan fingerprint density at radius 1 is 0.826 bits per heavy atom. The van der Waals surface area contributed by atoms with Crippen molar-refractivity contribution in [2.45, 2.75) is 25.2 Å². The SMILES string of the molecule is CCOCCC(CCN(C)C)(c1ccccc1)c1ccccc1. The summed E-state index contributed by atoms with van der Waals surface area (Å²) in [6.07, 6.45) is 2.09. The number of hydrogen-bond donors (Lipinski definition) is 0. The van der Waals surface area contributed by atoms with Crippen molar-refractivity contribution >= 4 is 0 Å². The average Bonchev–Trinajstić information content (AvgIpc) is 2.59. The van der Waals surface area contributed by atoms with Gasteiger partial charge in [0.25, 0.3) is 0 Å². The molecule has 0 fully saturated rings. The molecule has 0 N–H and O–H groups in total. The lowest BCUT2D eigenvalue weighted by Crippen LogP contribution is -2.33. The van der Waals surface area contributed by atoms with E-state index < -0.39 is 0 Å². The molecule has 0 radical (unpaired) electrons. The first kappa shape index (κ1) is 17.7. The topological polar surface area (TPSA) is 12.5 Å². The van der Waals surface area contributed by atoms with E-state index in [2.05, 4.69) is 86.6 Å². The van der Waals surface area contributed by atoms with E-state index in [9.17, 15) is 0 Å². The fraction of sp³-hybridized carbons (Fsp3) is 0.429. The summed E-state index contributed by atoms with van der Waals surface area (Å²) in [4.78, 5) is 2.27. The highest BCUT2D eigenvalue weighted by Crippen LogP contribution is 2.39.